The number of hydrogen-bond donors (Lipinski definition) is 1. The summed E-state index contributed by atoms with van der Waals surface area (Å²) in [6.45, 7) is 5.32. The van der Waals surface area contributed by atoms with Crippen molar-refractivity contribution in [3.63, 3.8) is 0 Å². The molecule has 1 aromatic heterocycles. The number of aromatic nitrogens is 3. The lowest BCUT2D eigenvalue weighted by Gasteiger charge is -2.03. The molecule has 0 fully saturated rings. The standard InChI is InChI=1S/C17H34N4/c1-3-5-6-7-8-9-10-11-12-13-14-21-15-17(19-20-21)16(18)4-2/h15-16H,3-14,18H2,1-2H3. The van der Waals surface area contributed by atoms with Crippen LogP contribution in [-0.2, 0) is 6.54 Å². The topological polar surface area (TPSA) is 56.7 Å². The van der Waals surface area contributed by atoms with Crippen LogP contribution in [0, 0.1) is 0 Å². The molecule has 0 saturated carbocycles. The lowest BCUT2D eigenvalue weighted by atomic mass is 10.1. The third kappa shape index (κ3) is 8.20. The van der Waals surface area contributed by atoms with E-state index in [1.165, 1.54) is 64.2 Å². The average molecular weight is 294 g/mol. The highest BCUT2D eigenvalue weighted by Gasteiger charge is 2.07. The first-order valence-electron chi connectivity index (χ1n) is 8.93. The fraction of sp³-hybridized carbons (Fsp3) is 0.882. The van der Waals surface area contributed by atoms with Gasteiger partial charge in [-0.2, -0.15) is 0 Å². The normalized spacial score (nSPS) is 12.7. The Kier molecular flexibility index (Phi) is 10.1. The summed E-state index contributed by atoms with van der Waals surface area (Å²) in [6.07, 6.45) is 16.6. The van der Waals surface area contributed by atoms with Gasteiger partial charge in [-0.15, -0.1) is 5.10 Å². The zero-order valence-corrected chi connectivity index (χ0v) is 14.1. The maximum atomic E-state index is 5.94. The summed E-state index contributed by atoms with van der Waals surface area (Å²) in [5.41, 5.74) is 6.87. The van der Waals surface area contributed by atoms with Crippen molar-refractivity contribution in [2.45, 2.75) is 97.1 Å². The lowest BCUT2D eigenvalue weighted by molar-refractivity contribution is 0.507. The van der Waals surface area contributed by atoms with Crippen LogP contribution in [0.15, 0.2) is 6.20 Å². The highest BCUT2D eigenvalue weighted by molar-refractivity contribution is 4.98. The van der Waals surface area contributed by atoms with E-state index in [2.05, 4.69) is 24.2 Å². The Morgan fingerprint density at radius 1 is 0.952 bits per heavy atom. The van der Waals surface area contributed by atoms with Gasteiger partial charge in [0.05, 0.1) is 17.9 Å². The van der Waals surface area contributed by atoms with Gasteiger partial charge >= 0.3 is 0 Å². The van der Waals surface area contributed by atoms with Gasteiger partial charge in [-0.25, -0.2) is 0 Å². The molecule has 0 amide bonds. The van der Waals surface area contributed by atoms with E-state index < -0.39 is 0 Å². The van der Waals surface area contributed by atoms with Crippen molar-refractivity contribution in [3.05, 3.63) is 11.9 Å². The van der Waals surface area contributed by atoms with E-state index in [1.54, 1.807) is 0 Å². The first kappa shape index (κ1) is 18.1. The van der Waals surface area contributed by atoms with Crippen LogP contribution in [0.5, 0.6) is 0 Å². The highest BCUT2D eigenvalue weighted by Crippen LogP contribution is 2.12. The van der Waals surface area contributed by atoms with Crippen molar-refractivity contribution in [3.8, 4) is 0 Å². The van der Waals surface area contributed by atoms with Crippen molar-refractivity contribution >= 4 is 0 Å². The second-order valence-corrected chi connectivity index (χ2v) is 6.10. The summed E-state index contributed by atoms with van der Waals surface area (Å²) in [6, 6.07) is 0.0338. The molecule has 0 aromatic carbocycles. The molecule has 1 unspecified atom stereocenters. The van der Waals surface area contributed by atoms with E-state index in [-0.39, 0.29) is 6.04 Å². The van der Waals surface area contributed by atoms with Crippen LogP contribution in [0.25, 0.3) is 0 Å². The van der Waals surface area contributed by atoms with E-state index in [0.717, 1.165) is 18.7 Å². The van der Waals surface area contributed by atoms with E-state index in [0.29, 0.717) is 0 Å². The van der Waals surface area contributed by atoms with Crippen LogP contribution in [0.2, 0.25) is 0 Å². The van der Waals surface area contributed by atoms with Crippen LogP contribution in [0.3, 0.4) is 0 Å². The molecule has 2 N–H and O–H groups in total. The maximum Gasteiger partial charge on any atom is 0.0993 e. The van der Waals surface area contributed by atoms with Crippen LogP contribution in [0.1, 0.15) is 96.2 Å². The Balaban J connectivity index is 1.95. The molecule has 0 aliphatic rings. The molecule has 1 rings (SSSR count). The Morgan fingerprint density at radius 3 is 2.10 bits per heavy atom. The zero-order valence-electron chi connectivity index (χ0n) is 14.1. The Labute approximate surface area is 130 Å². The third-order valence-corrected chi connectivity index (χ3v) is 4.12. The smallest absolute Gasteiger partial charge is 0.0993 e. The van der Waals surface area contributed by atoms with Gasteiger partial charge in [-0.05, 0) is 12.8 Å². The first-order chi connectivity index (χ1) is 10.3. The molecule has 1 aromatic rings. The Morgan fingerprint density at radius 2 is 1.52 bits per heavy atom. The fourth-order valence-electron chi connectivity index (χ4n) is 2.56. The van der Waals surface area contributed by atoms with Gasteiger partial charge in [-0.1, -0.05) is 76.8 Å². The monoisotopic (exact) mass is 294 g/mol. The minimum atomic E-state index is 0.0338. The second-order valence-electron chi connectivity index (χ2n) is 6.10. The summed E-state index contributed by atoms with van der Waals surface area (Å²) in [5, 5.41) is 8.29. The summed E-state index contributed by atoms with van der Waals surface area (Å²) in [7, 11) is 0. The third-order valence-electron chi connectivity index (χ3n) is 4.12. The van der Waals surface area contributed by atoms with Gasteiger partial charge in [0.25, 0.3) is 0 Å². The van der Waals surface area contributed by atoms with Crippen LogP contribution < -0.4 is 5.73 Å². The van der Waals surface area contributed by atoms with Gasteiger partial charge in [0.15, 0.2) is 0 Å². The molecule has 21 heavy (non-hydrogen) atoms. The van der Waals surface area contributed by atoms with Crippen LogP contribution >= 0.6 is 0 Å². The van der Waals surface area contributed by atoms with E-state index in [1.807, 2.05) is 10.9 Å². The van der Waals surface area contributed by atoms with Gasteiger partial charge in [0, 0.05) is 6.54 Å². The molecule has 122 valence electrons. The minimum Gasteiger partial charge on any atom is -0.323 e. The van der Waals surface area contributed by atoms with Crippen molar-refractivity contribution in [2.24, 2.45) is 5.73 Å². The number of nitrogens with two attached hydrogens (primary N) is 1. The van der Waals surface area contributed by atoms with Gasteiger partial charge in [0.2, 0.25) is 0 Å². The highest BCUT2D eigenvalue weighted by atomic mass is 15.4. The van der Waals surface area contributed by atoms with Crippen molar-refractivity contribution in [1.29, 1.82) is 0 Å². The molecule has 4 heteroatoms. The molecule has 1 atom stereocenters. The second kappa shape index (κ2) is 11.7. The quantitative estimate of drug-likeness (QED) is 0.540. The van der Waals surface area contributed by atoms with E-state index >= 15 is 0 Å². The van der Waals surface area contributed by atoms with Gasteiger partial charge < -0.3 is 5.73 Å². The molecule has 0 bridgehead atoms. The van der Waals surface area contributed by atoms with E-state index in [4.69, 9.17) is 5.73 Å². The van der Waals surface area contributed by atoms with E-state index in [9.17, 15) is 0 Å². The van der Waals surface area contributed by atoms with Crippen LogP contribution in [0.4, 0.5) is 0 Å². The minimum absolute atomic E-state index is 0.0338. The Bertz CT molecular complexity index is 348. The first-order valence-corrected chi connectivity index (χ1v) is 8.93. The molecular weight excluding hydrogens is 260 g/mol. The molecular formula is C17H34N4. The van der Waals surface area contributed by atoms with Crippen molar-refractivity contribution in [2.75, 3.05) is 0 Å². The average Bonchev–Trinajstić information content (AvgIpc) is 2.97. The maximum absolute atomic E-state index is 5.94. The molecule has 0 spiro atoms. The summed E-state index contributed by atoms with van der Waals surface area (Å²) < 4.78 is 1.94. The Hall–Kier alpha value is -0.900. The predicted octanol–water partition coefficient (Wildman–Crippen LogP) is 4.61. The number of rotatable bonds is 13. The summed E-state index contributed by atoms with van der Waals surface area (Å²) in [5.74, 6) is 0. The molecule has 0 radical (unpaired) electrons. The molecule has 0 saturated heterocycles. The number of aryl methyl sites for hydroxylation is 1. The molecule has 0 aliphatic carbocycles. The number of nitrogens with zero attached hydrogens (tertiary/aromatic N) is 3. The number of hydrogen-bond acceptors (Lipinski definition) is 3. The van der Waals surface area contributed by atoms with Gasteiger partial charge in [0.1, 0.15) is 0 Å². The summed E-state index contributed by atoms with van der Waals surface area (Å²) in [4.78, 5) is 0. The predicted molar refractivity (Wildman–Crippen MR) is 89.1 cm³/mol. The lowest BCUT2D eigenvalue weighted by Crippen LogP contribution is -2.08. The SMILES string of the molecule is CCCCCCCCCCCCn1cc(C(N)CC)nn1. The largest absolute Gasteiger partial charge is 0.323 e. The molecule has 4 nitrogen and oxygen atoms in total. The zero-order chi connectivity index (χ0) is 15.3. The van der Waals surface area contributed by atoms with Crippen molar-refractivity contribution < 1.29 is 0 Å². The summed E-state index contributed by atoms with van der Waals surface area (Å²) >= 11 is 0. The number of unbranched alkanes of at least 4 members (excludes halogenated alkanes) is 9. The van der Waals surface area contributed by atoms with Gasteiger partial charge in [-0.3, -0.25) is 4.68 Å². The van der Waals surface area contributed by atoms with Crippen molar-refractivity contribution in [1.82, 2.24) is 15.0 Å². The van der Waals surface area contributed by atoms with Crippen LogP contribution in [-0.4, -0.2) is 15.0 Å². The molecule has 0 aliphatic heterocycles. The fourth-order valence-corrected chi connectivity index (χ4v) is 2.56. The molecule has 1 heterocycles.